The van der Waals surface area contributed by atoms with Crippen LogP contribution in [0.5, 0.6) is 0 Å². The lowest BCUT2D eigenvalue weighted by atomic mass is 10.2. The maximum absolute atomic E-state index is 12.2. The minimum absolute atomic E-state index is 0.0475. The predicted molar refractivity (Wildman–Crippen MR) is 178 cm³/mol. The first-order valence-corrected chi connectivity index (χ1v) is 21.0. The number of imidazole rings is 1. The summed E-state index contributed by atoms with van der Waals surface area (Å²) in [7, 11) is -17.1. The van der Waals surface area contributed by atoms with Gasteiger partial charge in [-0.2, -0.15) is 0 Å². The molecule has 2 aromatic heterocycles. The third kappa shape index (κ3) is 18.5. The molecule has 3 heterocycles. The number of aliphatic hydroxyl groups is 1. The molecule has 6 N–H and O–H groups in total. The Balaban J connectivity index is 1.16. The van der Waals surface area contributed by atoms with Gasteiger partial charge in [0.2, 0.25) is 7.75 Å². The number of hydrogen-bond donors (Lipinski definition) is 4. The Labute approximate surface area is 310 Å². The van der Waals surface area contributed by atoms with Gasteiger partial charge >= 0.3 is 0 Å². The number of aromatic nitrogens is 4. The van der Waals surface area contributed by atoms with Crippen LogP contribution in [0.15, 0.2) is 12.7 Å². The van der Waals surface area contributed by atoms with Crippen LogP contribution in [0, 0.1) is 0 Å². The molecule has 2 aromatic rings. The number of phosphoric ester groups is 1. The molecule has 0 saturated carbocycles. The quantitative estimate of drug-likeness (QED) is 0.0426. The number of hydrogen-bond acceptors (Lipinski definition) is 23. The van der Waals surface area contributed by atoms with Crippen LogP contribution in [-0.2, 0) is 64.7 Å². The van der Waals surface area contributed by atoms with Crippen molar-refractivity contribution in [2.24, 2.45) is 5.73 Å². The summed E-state index contributed by atoms with van der Waals surface area (Å²) in [5.74, 6) is 0.106. The van der Waals surface area contributed by atoms with Crippen molar-refractivity contribution in [3.63, 3.8) is 0 Å². The van der Waals surface area contributed by atoms with E-state index in [0.29, 0.717) is 72.6 Å². The van der Waals surface area contributed by atoms with Gasteiger partial charge in [-0.25, -0.2) is 19.3 Å². The molecule has 1 saturated heterocycles. The molecule has 0 aromatic carbocycles. The summed E-state index contributed by atoms with van der Waals surface area (Å²) in [6.07, 6.45) is -0.921. The van der Waals surface area contributed by atoms with Crippen LogP contribution in [0.2, 0.25) is 0 Å². The lowest BCUT2D eigenvalue weighted by molar-refractivity contribution is -0.246. The molecular weight excluding hydrogens is 791 g/mol. The van der Waals surface area contributed by atoms with Crippen LogP contribution in [0.25, 0.3) is 11.2 Å². The molecular formula is C26H47N7O18P3-3. The number of fused-ring (bicyclic) bond motifs is 1. The third-order valence-electron chi connectivity index (χ3n) is 6.75. The van der Waals surface area contributed by atoms with E-state index in [2.05, 4.69) is 28.1 Å². The molecule has 54 heavy (non-hydrogen) atoms. The monoisotopic (exact) mass is 838 g/mol. The van der Waals surface area contributed by atoms with Crippen molar-refractivity contribution < 1.29 is 84.5 Å². The number of nitrogen functional groups attached to an aromatic ring is 1. The van der Waals surface area contributed by atoms with E-state index in [-0.39, 0.29) is 49.8 Å². The average Bonchev–Trinajstić information content (AvgIpc) is 3.70. The number of nitrogens with one attached hydrogen (secondary N) is 1. The van der Waals surface area contributed by atoms with Gasteiger partial charge in [0, 0.05) is 19.5 Å². The normalized spacial score (nSPS) is 20.9. The van der Waals surface area contributed by atoms with Gasteiger partial charge in [0.15, 0.2) is 11.5 Å². The molecule has 0 amide bonds. The largest absolute Gasteiger partial charge is 0.766 e. The summed E-state index contributed by atoms with van der Waals surface area (Å²) in [6, 6.07) is 0. The Kier molecular flexibility index (Phi) is 21.5. The van der Waals surface area contributed by atoms with Crippen LogP contribution >= 0.6 is 23.4 Å². The van der Waals surface area contributed by atoms with Gasteiger partial charge in [0.1, 0.15) is 24.2 Å². The maximum atomic E-state index is 12.2. The van der Waals surface area contributed by atoms with Crippen LogP contribution in [-0.4, -0.2) is 149 Å². The Morgan fingerprint density at radius 3 is 1.83 bits per heavy atom. The van der Waals surface area contributed by atoms with Gasteiger partial charge in [-0.05, 0) is 0 Å². The molecule has 312 valence electrons. The van der Waals surface area contributed by atoms with E-state index in [1.165, 1.54) is 17.2 Å². The Hall–Kier alpha value is -1.64. The van der Waals surface area contributed by atoms with E-state index < -0.39 is 55.0 Å². The first-order valence-electron chi connectivity index (χ1n) is 16.6. The topological polar surface area (TPSA) is 350 Å². The molecule has 3 rings (SSSR count). The lowest BCUT2D eigenvalue weighted by Gasteiger charge is -2.35. The van der Waals surface area contributed by atoms with E-state index in [0.717, 1.165) is 0 Å². The number of nitrogens with zero attached hydrogens (tertiary/aromatic N) is 4. The van der Waals surface area contributed by atoms with Gasteiger partial charge in [0.25, 0.3) is 15.6 Å². The first kappa shape index (κ1) is 46.7. The smallest absolute Gasteiger partial charge is 0.280 e. The van der Waals surface area contributed by atoms with Crippen molar-refractivity contribution in [3.8, 4) is 0 Å². The van der Waals surface area contributed by atoms with Crippen LogP contribution in [0.4, 0.5) is 5.82 Å². The zero-order valence-electron chi connectivity index (χ0n) is 29.3. The van der Waals surface area contributed by atoms with Crippen molar-refractivity contribution in [1.29, 1.82) is 0 Å². The molecule has 25 nitrogen and oxygen atoms in total. The molecule has 1 aliphatic rings. The summed E-state index contributed by atoms with van der Waals surface area (Å²) in [6.45, 7) is 3.70. The fourth-order valence-corrected chi connectivity index (χ4v) is 7.90. The number of nitrogens with two attached hydrogens (primary N) is 2. The molecule has 28 heteroatoms. The van der Waals surface area contributed by atoms with Crippen molar-refractivity contribution in [2.75, 3.05) is 118 Å². The van der Waals surface area contributed by atoms with E-state index in [1.54, 1.807) is 5.09 Å². The third-order valence-corrected chi connectivity index (χ3v) is 11.1. The second-order valence-corrected chi connectivity index (χ2v) is 15.5. The first-order chi connectivity index (χ1) is 25.8. The summed E-state index contributed by atoms with van der Waals surface area (Å²) in [5, 5.41) is 12.1. The average molecular weight is 839 g/mol. The van der Waals surface area contributed by atoms with Crippen molar-refractivity contribution >= 4 is 40.4 Å². The summed E-state index contributed by atoms with van der Waals surface area (Å²) < 4.78 is 92.7. The molecule has 0 bridgehead atoms. The highest BCUT2D eigenvalue weighted by atomic mass is 31.3. The highest BCUT2D eigenvalue weighted by molar-refractivity contribution is 7.66. The summed E-state index contributed by atoms with van der Waals surface area (Å²) in [5.41, 5.74) is 11.6. The number of phosphoric acid groups is 2. The van der Waals surface area contributed by atoms with Crippen molar-refractivity contribution in [1.82, 2.24) is 24.6 Å². The molecule has 6 atom stereocenters. The van der Waals surface area contributed by atoms with E-state index in [4.69, 9.17) is 49.4 Å². The number of rotatable bonds is 32. The van der Waals surface area contributed by atoms with Gasteiger partial charge in [-0.15, -0.1) is 0 Å². The second kappa shape index (κ2) is 24.9. The SMILES string of the molecule is NCCOCCOCCOCCOCCOCCOCCOCCNP(=O)([O-])OP(=O)([O-])OP(=O)([O-])OC[C@H]1O[C@@H](n2cnc3c(N)ncnc32)CC1O. The van der Waals surface area contributed by atoms with Crippen molar-refractivity contribution in [3.05, 3.63) is 12.7 Å². The molecule has 0 radical (unpaired) electrons. The zero-order chi connectivity index (χ0) is 39.3. The van der Waals surface area contributed by atoms with Crippen LogP contribution < -0.4 is 31.2 Å². The zero-order valence-corrected chi connectivity index (χ0v) is 32.0. The fraction of sp³-hybridized carbons (Fsp3) is 0.808. The minimum atomic E-state index is -6.02. The lowest BCUT2D eigenvalue weighted by Crippen LogP contribution is -2.28. The fourth-order valence-electron chi connectivity index (χ4n) is 4.36. The Morgan fingerprint density at radius 2 is 1.30 bits per heavy atom. The second-order valence-electron chi connectivity index (χ2n) is 10.8. The summed E-state index contributed by atoms with van der Waals surface area (Å²) in [4.78, 5) is 48.2. The van der Waals surface area contributed by atoms with Crippen LogP contribution in [0.1, 0.15) is 12.6 Å². The molecule has 0 aliphatic carbocycles. The summed E-state index contributed by atoms with van der Waals surface area (Å²) >= 11 is 0. The predicted octanol–water partition coefficient (Wildman–Crippen LogP) is -2.82. The number of anilines is 1. The van der Waals surface area contributed by atoms with Gasteiger partial charge in [0.05, 0.1) is 112 Å². The Bertz CT molecular complexity index is 1500. The molecule has 4 unspecified atom stereocenters. The van der Waals surface area contributed by atoms with Gasteiger partial charge in [-0.3, -0.25) is 27.7 Å². The molecule has 1 fully saturated rings. The maximum Gasteiger partial charge on any atom is 0.280 e. The number of ether oxygens (including phenoxy) is 8. The molecule has 1 aliphatic heterocycles. The molecule has 0 spiro atoms. The highest BCUT2D eigenvalue weighted by Crippen LogP contribution is 2.61. The van der Waals surface area contributed by atoms with E-state index in [9.17, 15) is 33.5 Å². The Morgan fingerprint density at radius 1 is 0.778 bits per heavy atom. The highest BCUT2D eigenvalue weighted by Gasteiger charge is 2.37. The van der Waals surface area contributed by atoms with E-state index >= 15 is 0 Å². The van der Waals surface area contributed by atoms with Crippen molar-refractivity contribution in [2.45, 2.75) is 24.9 Å². The standard InChI is InChI=1S/C26H50N7O18P3/c27-1-3-41-5-7-43-9-11-45-13-15-47-16-14-46-12-10-44-8-6-42-4-2-32-52(35,36)50-54(39,40)51-53(37,38)48-18-22-21(34)17-23(49-22)33-20-31-24-25(28)29-19-30-26(24)33/h19-23,34H,1-18,27H2,(H,37,38)(H,39,40)(H2,28,29,30)(H2,32,35,36)/p-3/t21?,22-,23-/m1/s1. The van der Waals surface area contributed by atoms with Gasteiger partial charge < -0.3 is 73.7 Å². The number of aliphatic hydroxyl groups excluding tert-OH is 1. The van der Waals surface area contributed by atoms with Crippen LogP contribution in [0.3, 0.4) is 0 Å². The van der Waals surface area contributed by atoms with E-state index in [1.807, 2.05) is 0 Å². The minimum Gasteiger partial charge on any atom is -0.766 e. The van der Waals surface area contributed by atoms with Gasteiger partial charge in [-0.1, -0.05) is 0 Å².